The number of nitrogens with one attached hydrogen (secondary N) is 1. The summed E-state index contributed by atoms with van der Waals surface area (Å²) in [5.74, 6) is -1.31. The number of H-pyrrole nitrogens is 1. The lowest BCUT2D eigenvalue weighted by atomic mass is 9.83. The molecular formula is C32H37FN4O5. The Labute approximate surface area is 244 Å². The highest BCUT2D eigenvalue weighted by molar-refractivity contribution is 5.86. The van der Waals surface area contributed by atoms with Crippen molar-refractivity contribution in [3.8, 4) is 0 Å². The first kappa shape index (κ1) is 28.2. The topological polar surface area (TPSA) is 118 Å². The molecule has 2 aliphatic heterocycles. The molecule has 222 valence electrons. The zero-order valence-corrected chi connectivity index (χ0v) is 23.7. The zero-order chi connectivity index (χ0) is 29.4. The quantitative estimate of drug-likeness (QED) is 0.419. The molecule has 3 N–H and O–H groups in total. The van der Waals surface area contributed by atoms with Crippen molar-refractivity contribution in [2.45, 2.75) is 75.8 Å². The molecule has 3 heterocycles. The number of esters is 1. The van der Waals surface area contributed by atoms with Crippen LogP contribution in [0.15, 0.2) is 54.7 Å². The van der Waals surface area contributed by atoms with E-state index in [1.165, 1.54) is 19.1 Å². The molecule has 0 bridgehead atoms. The fourth-order valence-electron chi connectivity index (χ4n) is 7.26. The van der Waals surface area contributed by atoms with Crippen LogP contribution in [0.2, 0.25) is 0 Å². The lowest BCUT2D eigenvalue weighted by molar-refractivity contribution is -0.148. The Bertz CT molecular complexity index is 1460. The maximum Gasteiger partial charge on any atom is 0.410 e. The molecule has 0 radical (unpaired) electrons. The molecule has 3 aliphatic rings. The van der Waals surface area contributed by atoms with E-state index in [0.29, 0.717) is 5.52 Å². The van der Waals surface area contributed by atoms with Gasteiger partial charge in [0.2, 0.25) is 5.91 Å². The number of carbonyl (C=O) groups excluding carboxylic acids is 3. The number of rotatable bonds is 6. The van der Waals surface area contributed by atoms with E-state index in [1.54, 1.807) is 15.9 Å². The summed E-state index contributed by atoms with van der Waals surface area (Å²) in [6.07, 6.45) is 5.55. The van der Waals surface area contributed by atoms with Gasteiger partial charge in [-0.15, -0.1) is 0 Å². The monoisotopic (exact) mass is 576 g/mol. The van der Waals surface area contributed by atoms with Crippen LogP contribution >= 0.6 is 0 Å². The molecule has 5 atom stereocenters. The standard InChI is InChI=1S/C32H37FN4O5/c1-19(38)42-27-17-36(31(39)28(34)21-10-6-3-7-11-21)29-25(24-15-35-26-14-22(33)12-13-23(24)26)16-37(30(27)29)32(40)41-18-20-8-4-2-5-9-20/h2,4-5,8-9,12-15,21,25,27-30,35H,3,6-7,10-11,16-18,34H2,1H3/t25-,27?,28?,29?,30?/m0/s1. The average molecular weight is 577 g/mol. The first-order valence-electron chi connectivity index (χ1n) is 14.8. The molecule has 10 heteroatoms. The fourth-order valence-corrected chi connectivity index (χ4v) is 7.26. The van der Waals surface area contributed by atoms with Gasteiger partial charge in [0.05, 0.1) is 24.7 Å². The summed E-state index contributed by atoms with van der Waals surface area (Å²) in [6.45, 7) is 1.77. The third-order valence-corrected chi connectivity index (χ3v) is 9.19. The smallest absolute Gasteiger partial charge is 0.410 e. The zero-order valence-electron chi connectivity index (χ0n) is 23.7. The predicted molar refractivity (Wildman–Crippen MR) is 154 cm³/mol. The highest BCUT2D eigenvalue weighted by atomic mass is 19.1. The second-order valence-corrected chi connectivity index (χ2v) is 11.8. The minimum absolute atomic E-state index is 0.0814. The maximum absolute atomic E-state index is 14.1. The molecule has 4 unspecified atom stereocenters. The van der Waals surface area contributed by atoms with Gasteiger partial charge in [-0.05, 0) is 48.1 Å². The van der Waals surface area contributed by atoms with E-state index in [0.717, 1.165) is 48.6 Å². The van der Waals surface area contributed by atoms with Crippen molar-refractivity contribution >= 4 is 28.9 Å². The lowest BCUT2D eigenvalue weighted by Gasteiger charge is -2.33. The van der Waals surface area contributed by atoms with E-state index in [2.05, 4.69) is 4.98 Å². The Kier molecular flexibility index (Phi) is 7.90. The summed E-state index contributed by atoms with van der Waals surface area (Å²) in [5.41, 5.74) is 8.95. The largest absolute Gasteiger partial charge is 0.458 e. The predicted octanol–water partition coefficient (Wildman–Crippen LogP) is 4.46. The van der Waals surface area contributed by atoms with Crippen LogP contribution in [0.5, 0.6) is 0 Å². The van der Waals surface area contributed by atoms with Gasteiger partial charge in [0.1, 0.15) is 18.5 Å². The minimum Gasteiger partial charge on any atom is -0.458 e. The molecule has 2 saturated heterocycles. The molecule has 2 aromatic carbocycles. The van der Waals surface area contributed by atoms with E-state index in [9.17, 15) is 18.8 Å². The molecule has 1 saturated carbocycles. The number of hydrogen-bond donors (Lipinski definition) is 2. The molecular weight excluding hydrogens is 539 g/mol. The van der Waals surface area contributed by atoms with E-state index in [1.807, 2.05) is 36.5 Å². The van der Waals surface area contributed by atoms with Crippen LogP contribution in [0.3, 0.4) is 0 Å². The normalized spacial score (nSPS) is 24.9. The highest BCUT2D eigenvalue weighted by Crippen LogP contribution is 2.45. The molecule has 1 aliphatic carbocycles. The van der Waals surface area contributed by atoms with E-state index < -0.39 is 36.3 Å². The highest BCUT2D eigenvalue weighted by Gasteiger charge is 2.59. The number of fused-ring (bicyclic) bond motifs is 2. The summed E-state index contributed by atoms with van der Waals surface area (Å²) >= 11 is 0. The number of aromatic amines is 1. The second-order valence-electron chi connectivity index (χ2n) is 11.8. The molecule has 42 heavy (non-hydrogen) atoms. The number of carbonyl (C=O) groups is 3. The van der Waals surface area contributed by atoms with E-state index in [4.69, 9.17) is 15.2 Å². The summed E-state index contributed by atoms with van der Waals surface area (Å²) in [4.78, 5) is 46.4. The summed E-state index contributed by atoms with van der Waals surface area (Å²) in [7, 11) is 0. The maximum atomic E-state index is 14.1. The average Bonchev–Trinajstić information content (AvgIpc) is 3.69. The molecule has 3 fully saturated rings. The second kappa shape index (κ2) is 11.8. The Hall–Kier alpha value is -3.92. The van der Waals surface area contributed by atoms with Gasteiger partial charge in [-0.3, -0.25) is 14.5 Å². The van der Waals surface area contributed by atoms with E-state index in [-0.39, 0.29) is 43.3 Å². The summed E-state index contributed by atoms with van der Waals surface area (Å²) in [5, 5.41) is 0.805. The number of amides is 2. The van der Waals surface area contributed by atoms with Gasteiger partial charge in [0, 0.05) is 36.5 Å². The van der Waals surface area contributed by atoms with Crippen LogP contribution < -0.4 is 5.73 Å². The van der Waals surface area contributed by atoms with Crippen LogP contribution in [0.4, 0.5) is 9.18 Å². The Balaban J connectivity index is 1.36. The van der Waals surface area contributed by atoms with Crippen LogP contribution in [-0.2, 0) is 25.7 Å². The molecule has 1 aromatic heterocycles. The van der Waals surface area contributed by atoms with Crippen molar-refractivity contribution in [1.82, 2.24) is 14.8 Å². The number of hydrogen-bond acceptors (Lipinski definition) is 6. The van der Waals surface area contributed by atoms with Crippen LogP contribution in [0.25, 0.3) is 10.9 Å². The van der Waals surface area contributed by atoms with Crippen molar-refractivity contribution in [3.63, 3.8) is 0 Å². The number of aromatic nitrogens is 1. The Morgan fingerprint density at radius 3 is 2.52 bits per heavy atom. The van der Waals surface area contributed by atoms with Gasteiger partial charge in [0.15, 0.2) is 0 Å². The SMILES string of the molecule is CC(=O)OC1CN(C(=O)C(N)C2CCCCC2)C2C1N(C(=O)OCc1ccccc1)C[C@H]2c1c[nH]c2cc(F)ccc12. The Morgan fingerprint density at radius 2 is 1.79 bits per heavy atom. The molecule has 6 rings (SSSR count). The molecule has 0 spiro atoms. The number of ether oxygens (including phenoxy) is 2. The summed E-state index contributed by atoms with van der Waals surface area (Å²) in [6, 6.07) is 12.1. The van der Waals surface area contributed by atoms with Gasteiger partial charge in [-0.25, -0.2) is 9.18 Å². The van der Waals surface area contributed by atoms with Crippen LogP contribution in [0, 0.1) is 11.7 Å². The van der Waals surface area contributed by atoms with Crippen molar-refractivity contribution in [2.24, 2.45) is 11.7 Å². The first-order valence-corrected chi connectivity index (χ1v) is 14.8. The fraction of sp³-hybridized carbons (Fsp3) is 0.469. The van der Waals surface area contributed by atoms with Crippen molar-refractivity contribution < 1.29 is 28.2 Å². The van der Waals surface area contributed by atoms with Crippen molar-refractivity contribution in [1.29, 1.82) is 0 Å². The van der Waals surface area contributed by atoms with Gasteiger partial charge in [-0.1, -0.05) is 49.6 Å². The lowest BCUT2D eigenvalue weighted by Crippen LogP contribution is -2.52. The third-order valence-electron chi connectivity index (χ3n) is 9.19. The molecule has 2 amide bonds. The molecule has 9 nitrogen and oxygen atoms in total. The van der Waals surface area contributed by atoms with Crippen LogP contribution in [0.1, 0.15) is 56.1 Å². The van der Waals surface area contributed by atoms with Gasteiger partial charge in [-0.2, -0.15) is 0 Å². The summed E-state index contributed by atoms with van der Waals surface area (Å²) < 4.78 is 25.5. The van der Waals surface area contributed by atoms with Crippen molar-refractivity contribution in [3.05, 3.63) is 71.7 Å². The molecule has 3 aromatic rings. The minimum atomic E-state index is -0.744. The Morgan fingerprint density at radius 1 is 1.02 bits per heavy atom. The van der Waals surface area contributed by atoms with Gasteiger partial charge >= 0.3 is 12.1 Å². The van der Waals surface area contributed by atoms with Gasteiger partial charge in [0.25, 0.3) is 0 Å². The third kappa shape index (κ3) is 5.35. The first-order chi connectivity index (χ1) is 20.3. The van der Waals surface area contributed by atoms with Crippen molar-refractivity contribution in [2.75, 3.05) is 13.1 Å². The van der Waals surface area contributed by atoms with Gasteiger partial charge < -0.3 is 25.1 Å². The number of halogens is 1. The number of nitrogens with two attached hydrogens (primary N) is 1. The number of likely N-dealkylation sites (tertiary alicyclic amines) is 2. The van der Waals surface area contributed by atoms with E-state index >= 15 is 0 Å². The number of benzene rings is 2. The number of nitrogens with zero attached hydrogens (tertiary/aromatic N) is 2. The van der Waals surface area contributed by atoms with Crippen LogP contribution in [-0.4, -0.2) is 70.1 Å².